The number of ether oxygens (including phenoxy) is 11. The molecule has 6 atom stereocenters. The number of nitrogens with one attached hydrogen (secondary N) is 3. The molecule has 722 valence electrons. The standard InChI is InChI=1S/C20H30ClNO2.C20H31NO2.2C19H30O2.C18H29NO.C18H28O2/c1-15(2)13-19(22-14-16-9-11-23-12-10-16)20(3,4)24-18-7-5-17(21)6-8-18;1-16(2)14-19(21-15-17-10-12-22-13-11-17)20(3,4)23-18-8-6-5-7-9-18;2*1-15(2)14-17(8-7-13-20-6)19(4,5)21-18-11-9-16(3)10-12-18;1-14(2)12-17(19-13-15(3)4)18(5,6)20-16-10-8-7-9-11-16;1-15(2)14-16(10-9-13-19-5)18(3,4)20-17-11-7-6-8-12-17/h5-8,13,16,19,22H,9-12,14H2,1-4H3;5-9,14,17,19,21H,10-13,15H2,1-4H3;2*9-12,14,17H,7-8,13H2,1-6H3;7-12,15,17,19H,13H2,1-6H3;6-8,11-12,14,16H,9-10,13H2,1-5H3. The predicted molar refractivity (Wildman–Crippen MR) is 549 cm³/mol. The minimum absolute atomic E-state index is 0.140. The third-order valence-corrected chi connectivity index (χ3v) is 22.9. The van der Waals surface area contributed by atoms with E-state index in [1.54, 1.807) is 21.3 Å². The number of halogens is 1. The highest BCUT2D eigenvalue weighted by Gasteiger charge is 2.36. The lowest BCUT2D eigenvalue weighted by atomic mass is 9.85. The normalized spacial score (nSPS) is 14.6. The van der Waals surface area contributed by atoms with E-state index in [1.165, 1.54) is 44.6 Å². The van der Waals surface area contributed by atoms with Crippen LogP contribution in [0.25, 0.3) is 0 Å². The van der Waals surface area contributed by atoms with Crippen LogP contribution in [0.2, 0.25) is 5.02 Å². The number of rotatable bonds is 45. The van der Waals surface area contributed by atoms with Gasteiger partial charge in [0.05, 0.1) is 18.1 Å². The average molecular weight is 1800 g/mol. The summed E-state index contributed by atoms with van der Waals surface area (Å²) in [6, 6.07) is 54.7. The molecule has 0 spiro atoms. The van der Waals surface area contributed by atoms with Crippen molar-refractivity contribution in [2.75, 3.05) is 87.2 Å². The summed E-state index contributed by atoms with van der Waals surface area (Å²) in [6.07, 6.45) is 24.7. The molecule has 6 aromatic rings. The molecule has 8 rings (SSSR count). The lowest BCUT2D eigenvalue weighted by molar-refractivity contribution is 0.0549. The van der Waals surface area contributed by atoms with Crippen molar-refractivity contribution >= 4 is 11.6 Å². The molecule has 0 radical (unpaired) electrons. The number of hydrogen-bond donors (Lipinski definition) is 3. The smallest absolute Gasteiger partial charge is 0.122 e. The van der Waals surface area contributed by atoms with Crippen molar-refractivity contribution in [3.05, 3.63) is 250 Å². The van der Waals surface area contributed by atoms with E-state index in [4.69, 9.17) is 63.7 Å². The van der Waals surface area contributed by atoms with Gasteiger partial charge in [0.15, 0.2) is 0 Å². The highest BCUT2D eigenvalue weighted by Crippen LogP contribution is 2.36. The summed E-state index contributed by atoms with van der Waals surface area (Å²) in [5.41, 5.74) is 8.71. The molecule has 6 unspecified atom stereocenters. The summed E-state index contributed by atoms with van der Waals surface area (Å²) >= 11 is 5.96. The summed E-state index contributed by atoms with van der Waals surface area (Å²) in [5, 5.41) is 11.8. The quantitative estimate of drug-likeness (QED) is 0.0247. The zero-order valence-electron chi connectivity index (χ0n) is 86.3. The SMILES string of the molecule is CC(C)=CC(NCC(C)C)C(C)(C)Oc1ccccc1.CC(C)=CC(NCC1CCOCC1)C(C)(C)Oc1ccc(Cl)cc1.CC(C)=CC(NCC1CCOCC1)C(C)(C)Oc1ccccc1.COCCCC(C=C(C)C)C(C)(C)Oc1ccc(C)cc1.COCCCC(C=C(C)C)C(C)(C)Oc1ccc(C)cc1.COCCCC(C=C(C)C)C(C)(C)Oc1ccccc1. The lowest BCUT2D eigenvalue weighted by Gasteiger charge is -2.35. The fraction of sp³-hybridized carbons (Fsp3) is 0.579. The summed E-state index contributed by atoms with van der Waals surface area (Å²) < 4.78 is 63.9. The Balaban J connectivity index is 0.000000400. The van der Waals surface area contributed by atoms with Gasteiger partial charge < -0.3 is 68.1 Å². The molecule has 2 aliphatic rings. The van der Waals surface area contributed by atoms with E-state index < -0.39 is 0 Å². The van der Waals surface area contributed by atoms with Crippen LogP contribution in [0.4, 0.5) is 0 Å². The fourth-order valence-corrected chi connectivity index (χ4v) is 15.4. The van der Waals surface area contributed by atoms with Gasteiger partial charge in [0.1, 0.15) is 68.1 Å². The van der Waals surface area contributed by atoms with Crippen LogP contribution in [0.1, 0.15) is 255 Å². The van der Waals surface area contributed by atoms with Crippen LogP contribution in [0, 0.1) is 49.4 Å². The monoisotopic (exact) mass is 1800 g/mol. The minimum Gasteiger partial charge on any atom is -0.487 e. The van der Waals surface area contributed by atoms with E-state index in [0.29, 0.717) is 35.5 Å². The predicted octanol–water partition coefficient (Wildman–Crippen LogP) is 28.6. The molecule has 129 heavy (non-hydrogen) atoms. The molecule has 0 aliphatic carbocycles. The molecule has 2 aliphatic heterocycles. The number of benzene rings is 6. The van der Waals surface area contributed by atoms with Crippen molar-refractivity contribution in [1.29, 1.82) is 0 Å². The fourth-order valence-electron chi connectivity index (χ4n) is 15.2. The van der Waals surface area contributed by atoms with E-state index in [-0.39, 0.29) is 51.7 Å². The van der Waals surface area contributed by atoms with E-state index in [2.05, 4.69) is 271 Å². The topological polar surface area (TPSA) is 138 Å². The molecule has 0 saturated carbocycles. The molecule has 3 N–H and O–H groups in total. The second kappa shape index (κ2) is 61.4. The van der Waals surface area contributed by atoms with Gasteiger partial charge in [0, 0.05) is 90.4 Å². The van der Waals surface area contributed by atoms with Crippen molar-refractivity contribution in [2.24, 2.45) is 35.5 Å². The number of allylic oxidation sites excluding steroid dienone is 6. The second-order valence-corrected chi connectivity index (χ2v) is 40.5. The van der Waals surface area contributed by atoms with Gasteiger partial charge in [-0.25, -0.2) is 0 Å². The van der Waals surface area contributed by atoms with Crippen molar-refractivity contribution in [1.82, 2.24) is 16.0 Å². The third kappa shape index (κ3) is 50.8. The highest BCUT2D eigenvalue weighted by molar-refractivity contribution is 6.30. The summed E-state index contributed by atoms with van der Waals surface area (Å²) in [5.74, 6) is 8.59. The molecule has 15 heteroatoms. The van der Waals surface area contributed by atoms with Crippen LogP contribution in [0.3, 0.4) is 0 Å². The van der Waals surface area contributed by atoms with Crippen LogP contribution in [-0.4, -0.2) is 139 Å². The first-order valence-corrected chi connectivity index (χ1v) is 48.1. The summed E-state index contributed by atoms with van der Waals surface area (Å²) in [6.45, 7) is 69.0. The molecular formula is C114H178ClN3O11. The van der Waals surface area contributed by atoms with Gasteiger partial charge in [-0.15, -0.1) is 0 Å². The molecular weight excluding hydrogens is 1620 g/mol. The van der Waals surface area contributed by atoms with Gasteiger partial charge in [-0.05, 0) is 367 Å². The lowest BCUT2D eigenvalue weighted by Crippen LogP contribution is -2.51. The Morgan fingerprint density at radius 3 is 0.806 bits per heavy atom. The molecule has 2 saturated heterocycles. The minimum atomic E-state index is -0.365. The van der Waals surface area contributed by atoms with Gasteiger partial charge >= 0.3 is 0 Å². The van der Waals surface area contributed by atoms with Crippen molar-refractivity contribution in [3.8, 4) is 34.5 Å². The van der Waals surface area contributed by atoms with E-state index in [0.717, 1.165) is 170 Å². The van der Waals surface area contributed by atoms with Crippen molar-refractivity contribution in [2.45, 2.75) is 310 Å². The van der Waals surface area contributed by atoms with Gasteiger partial charge in [0.25, 0.3) is 0 Å². The zero-order valence-corrected chi connectivity index (χ0v) is 87.0. The van der Waals surface area contributed by atoms with Crippen LogP contribution in [0.15, 0.2) is 234 Å². The Kier molecular flexibility index (Phi) is 55.0. The van der Waals surface area contributed by atoms with Crippen LogP contribution in [0.5, 0.6) is 34.5 Å². The Morgan fingerprint density at radius 1 is 0.333 bits per heavy atom. The summed E-state index contributed by atoms with van der Waals surface area (Å²) in [4.78, 5) is 0. The second-order valence-electron chi connectivity index (χ2n) is 40.1. The van der Waals surface area contributed by atoms with Gasteiger partial charge in [-0.1, -0.05) is 185 Å². The first-order chi connectivity index (χ1) is 60.8. The Hall–Kier alpha value is -7.47. The maximum atomic E-state index is 6.27. The first-order valence-electron chi connectivity index (χ1n) is 47.7. The van der Waals surface area contributed by atoms with E-state index in [1.807, 2.05) is 140 Å². The summed E-state index contributed by atoms with van der Waals surface area (Å²) in [7, 11) is 5.26. The molecule has 0 bridgehead atoms. The first kappa shape index (κ1) is 116. The molecule has 0 amide bonds. The molecule has 2 heterocycles. The number of para-hydroxylation sites is 3. The Bertz CT molecular complexity index is 4010. The highest BCUT2D eigenvalue weighted by atomic mass is 35.5. The molecule has 2 fully saturated rings. The molecule has 6 aromatic carbocycles. The van der Waals surface area contributed by atoms with Crippen molar-refractivity contribution < 1.29 is 52.1 Å². The molecule has 0 aromatic heterocycles. The van der Waals surface area contributed by atoms with Crippen molar-refractivity contribution in [3.63, 3.8) is 0 Å². The van der Waals surface area contributed by atoms with Gasteiger partial charge in [-0.3, -0.25) is 0 Å². The Morgan fingerprint density at radius 2 is 0.566 bits per heavy atom. The largest absolute Gasteiger partial charge is 0.487 e. The average Bonchev–Trinajstić information content (AvgIpc) is 0.823. The number of methoxy groups -OCH3 is 3. The molecule has 14 nitrogen and oxygen atoms in total. The van der Waals surface area contributed by atoms with E-state index in [9.17, 15) is 0 Å². The number of hydrogen-bond acceptors (Lipinski definition) is 14. The van der Waals surface area contributed by atoms with Gasteiger partial charge in [0.2, 0.25) is 0 Å². The number of aryl methyl sites for hydroxylation is 2. The van der Waals surface area contributed by atoms with Crippen LogP contribution in [-0.2, 0) is 23.7 Å². The zero-order chi connectivity index (χ0) is 96.2. The van der Waals surface area contributed by atoms with E-state index >= 15 is 0 Å². The van der Waals surface area contributed by atoms with Gasteiger partial charge in [-0.2, -0.15) is 0 Å². The van der Waals surface area contributed by atoms with Crippen LogP contribution < -0.4 is 44.4 Å². The Labute approximate surface area is 791 Å². The third-order valence-electron chi connectivity index (χ3n) is 22.7. The van der Waals surface area contributed by atoms with Crippen LogP contribution >= 0.6 is 11.6 Å². The maximum absolute atomic E-state index is 6.27. The maximum Gasteiger partial charge on any atom is 0.122 e.